The number of anilines is 1. The standard InChI is InChI=1S/C25H27N5O4/c1-34-25(33)29-21(17-6-3-2-4-7-17)24(32)30-13-5-8-20(30)23(31)28-15-16-9-10-19-18(14-16)11-12-27-22(19)26/h2-4,6-7,9-12,14,20-21H,5,8,13,15H2,1H3,(H2,26,27)(H,28,31)(H,29,33)/t20-,21+/m0/s1. The molecule has 4 rings (SSSR count). The van der Waals surface area contributed by atoms with Crippen molar-refractivity contribution >= 4 is 34.5 Å². The fraction of sp³-hybridized carbons (Fsp3) is 0.280. The number of aromatic nitrogens is 1. The third-order valence-electron chi connectivity index (χ3n) is 5.99. The molecule has 0 bridgehead atoms. The molecule has 9 heteroatoms. The highest BCUT2D eigenvalue weighted by molar-refractivity contribution is 5.93. The lowest BCUT2D eigenvalue weighted by Gasteiger charge is -2.28. The monoisotopic (exact) mass is 461 g/mol. The third kappa shape index (κ3) is 4.93. The minimum atomic E-state index is -0.943. The van der Waals surface area contributed by atoms with Crippen LogP contribution in [0, 0.1) is 0 Å². The van der Waals surface area contributed by atoms with Crippen molar-refractivity contribution < 1.29 is 19.1 Å². The molecule has 2 aromatic carbocycles. The van der Waals surface area contributed by atoms with Gasteiger partial charge in [0.25, 0.3) is 5.91 Å². The van der Waals surface area contributed by atoms with E-state index in [2.05, 4.69) is 15.6 Å². The van der Waals surface area contributed by atoms with Gasteiger partial charge in [-0.25, -0.2) is 9.78 Å². The number of rotatable bonds is 6. The van der Waals surface area contributed by atoms with E-state index in [1.54, 1.807) is 30.5 Å². The van der Waals surface area contributed by atoms with Crippen LogP contribution in [0.5, 0.6) is 0 Å². The number of nitrogens with two attached hydrogens (primary N) is 1. The number of benzene rings is 2. The van der Waals surface area contributed by atoms with Gasteiger partial charge in [-0.05, 0) is 41.5 Å². The molecule has 0 spiro atoms. The summed E-state index contributed by atoms with van der Waals surface area (Å²) in [5.41, 5.74) is 7.44. The number of hydrogen-bond acceptors (Lipinski definition) is 6. The van der Waals surface area contributed by atoms with Crippen LogP contribution in [0.25, 0.3) is 10.8 Å². The van der Waals surface area contributed by atoms with E-state index in [-0.39, 0.29) is 11.8 Å². The highest BCUT2D eigenvalue weighted by atomic mass is 16.5. The quantitative estimate of drug-likeness (QED) is 0.518. The summed E-state index contributed by atoms with van der Waals surface area (Å²) >= 11 is 0. The van der Waals surface area contributed by atoms with E-state index in [4.69, 9.17) is 10.5 Å². The fourth-order valence-electron chi connectivity index (χ4n) is 4.25. The van der Waals surface area contributed by atoms with Gasteiger partial charge in [0.05, 0.1) is 7.11 Å². The van der Waals surface area contributed by atoms with Gasteiger partial charge in [0.2, 0.25) is 5.91 Å². The molecule has 9 nitrogen and oxygen atoms in total. The van der Waals surface area contributed by atoms with Gasteiger partial charge in [-0.3, -0.25) is 9.59 Å². The summed E-state index contributed by atoms with van der Waals surface area (Å²) in [7, 11) is 1.24. The Morgan fingerprint density at radius 2 is 1.97 bits per heavy atom. The van der Waals surface area contributed by atoms with Crippen LogP contribution in [0.1, 0.15) is 30.0 Å². The zero-order valence-corrected chi connectivity index (χ0v) is 18.9. The number of nitrogens with one attached hydrogen (secondary N) is 2. The predicted molar refractivity (Wildman–Crippen MR) is 127 cm³/mol. The number of nitrogen functional groups attached to an aromatic ring is 1. The van der Waals surface area contributed by atoms with Gasteiger partial charge >= 0.3 is 6.09 Å². The SMILES string of the molecule is COC(=O)N[C@@H](C(=O)N1CCC[C@H]1C(=O)NCc1ccc2c(N)nccc2c1)c1ccccc1. The van der Waals surface area contributed by atoms with Crippen molar-refractivity contribution in [3.63, 3.8) is 0 Å². The molecule has 1 aliphatic heterocycles. The third-order valence-corrected chi connectivity index (χ3v) is 5.99. The Balaban J connectivity index is 1.46. The first-order chi connectivity index (χ1) is 16.5. The molecule has 0 saturated carbocycles. The van der Waals surface area contributed by atoms with E-state index in [0.717, 1.165) is 16.3 Å². The van der Waals surface area contributed by atoms with Crippen molar-refractivity contribution in [2.24, 2.45) is 0 Å². The van der Waals surface area contributed by atoms with Crippen LogP contribution in [0.2, 0.25) is 0 Å². The van der Waals surface area contributed by atoms with Gasteiger partial charge in [-0.15, -0.1) is 0 Å². The summed E-state index contributed by atoms with van der Waals surface area (Å²) in [6.07, 6.45) is 2.19. The number of carbonyl (C=O) groups excluding carboxylic acids is 3. The van der Waals surface area contributed by atoms with Crippen LogP contribution in [-0.4, -0.2) is 47.5 Å². The smallest absolute Gasteiger partial charge is 0.407 e. The minimum absolute atomic E-state index is 0.231. The van der Waals surface area contributed by atoms with Gasteiger partial charge in [0.1, 0.15) is 17.9 Å². The second-order valence-electron chi connectivity index (χ2n) is 8.14. The van der Waals surface area contributed by atoms with Crippen LogP contribution < -0.4 is 16.4 Å². The molecular formula is C25H27N5O4. The number of methoxy groups -OCH3 is 1. The topological polar surface area (TPSA) is 127 Å². The summed E-state index contributed by atoms with van der Waals surface area (Å²) in [6, 6.07) is 15.0. The number of amides is 3. The lowest BCUT2D eigenvalue weighted by molar-refractivity contribution is -0.140. The molecule has 0 unspecified atom stereocenters. The normalized spacial score (nSPS) is 16.1. The number of fused-ring (bicyclic) bond motifs is 1. The molecule has 1 saturated heterocycles. The average Bonchev–Trinajstić information content (AvgIpc) is 3.36. The van der Waals surface area contributed by atoms with Gasteiger partial charge in [0.15, 0.2) is 0 Å². The van der Waals surface area contributed by atoms with E-state index in [0.29, 0.717) is 37.3 Å². The summed E-state index contributed by atoms with van der Waals surface area (Å²) in [6.45, 7) is 0.753. The fourth-order valence-corrected chi connectivity index (χ4v) is 4.25. The van der Waals surface area contributed by atoms with Crippen molar-refractivity contribution in [2.45, 2.75) is 31.5 Å². The van der Waals surface area contributed by atoms with Gasteiger partial charge in [-0.2, -0.15) is 0 Å². The Labute approximate surface area is 197 Å². The summed E-state index contributed by atoms with van der Waals surface area (Å²) < 4.78 is 4.70. The molecule has 176 valence electrons. The van der Waals surface area contributed by atoms with Crippen molar-refractivity contribution in [1.29, 1.82) is 0 Å². The first-order valence-electron chi connectivity index (χ1n) is 11.1. The lowest BCUT2D eigenvalue weighted by atomic mass is 10.0. The molecule has 3 aromatic rings. The molecule has 1 aliphatic rings. The molecule has 4 N–H and O–H groups in total. The molecule has 2 heterocycles. The van der Waals surface area contributed by atoms with Crippen molar-refractivity contribution in [1.82, 2.24) is 20.5 Å². The van der Waals surface area contributed by atoms with Gasteiger partial charge in [-0.1, -0.05) is 42.5 Å². The van der Waals surface area contributed by atoms with E-state index in [1.165, 1.54) is 12.0 Å². The van der Waals surface area contributed by atoms with Crippen molar-refractivity contribution in [2.75, 3.05) is 19.4 Å². The van der Waals surface area contributed by atoms with Crippen LogP contribution in [0.15, 0.2) is 60.8 Å². The molecule has 1 aromatic heterocycles. The highest BCUT2D eigenvalue weighted by Gasteiger charge is 2.38. The average molecular weight is 462 g/mol. The van der Waals surface area contributed by atoms with Crippen LogP contribution in [0.4, 0.5) is 10.6 Å². The summed E-state index contributed by atoms with van der Waals surface area (Å²) in [5.74, 6) is -0.116. The lowest BCUT2D eigenvalue weighted by Crippen LogP contribution is -2.50. The minimum Gasteiger partial charge on any atom is -0.453 e. The second kappa shape index (κ2) is 10.2. The molecule has 1 fully saturated rings. The number of alkyl carbamates (subject to hydrolysis) is 1. The summed E-state index contributed by atoms with van der Waals surface area (Å²) in [4.78, 5) is 44.0. The predicted octanol–water partition coefficient (Wildman–Crippen LogP) is 2.52. The number of likely N-dealkylation sites (tertiary alicyclic amines) is 1. The zero-order chi connectivity index (χ0) is 24.1. The van der Waals surface area contributed by atoms with E-state index in [1.807, 2.05) is 30.3 Å². The van der Waals surface area contributed by atoms with Crippen LogP contribution in [-0.2, 0) is 20.9 Å². The number of hydrogen-bond donors (Lipinski definition) is 3. The second-order valence-corrected chi connectivity index (χ2v) is 8.14. The first kappa shape index (κ1) is 23.0. The van der Waals surface area contributed by atoms with Gasteiger partial charge < -0.3 is 26.0 Å². The highest BCUT2D eigenvalue weighted by Crippen LogP contribution is 2.24. The molecule has 0 aliphatic carbocycles. The molecule has 2 atom stereocenters. The van der Waals surface area contributed by atoms with Gasteiger partial charge in [0, 0.05) is 24.7 Å². The van der Waals surface area contributed by atoms with E-state index in [9.17, 15) is 14.4 Å². The number of ether oxygens (including phenoxy) is 1. The number of pyridine rings is 1. The molecule has 0 radical (unpaired) electrons. The van der Waals surface area contributed by atoms with Crippen molar-refractivity contribution in [3.8, 4) is 0 Å². The maximum atomic E-state index is 13.4. The maximum absolute atomic E-state index is 13.4. The molecular weight excluding hydrogens is 434 g/mol. The molecule has 34 heavy (non-hydrogen) atoms. The first-order valence-corrected chi connectivity index (χ1v) is 11.1. The Morgan fingerprint density at radius 3 is 2.74 bits per heavy atom. The van der Waals surface area contributed by atoms with E-state index >= 15 is 0 Å². The Hall–Kier alpha value is -4.14. The van der Waals surface area contributed by atoms with E-state index < -0.39 is 18.2 Å². The molecule has 3 amide bonds. The number of carbonyl (C=O) groups is 3. The summed E-state index contributed by atoms with van der Waals surface area (Å²) in [5, 5.41) is 7.34. The van der Waals surface area contributed by atoms with Crippen LogP contribution >= 0.6 is 0 Å². The Bertz CT molecular complexity index is 1200. The maximum Gasteiger partial charge on any atom is 0.407 e. The Kier molecular flexibility index (Phi) is 6.91. The van der Waals surface area contributed by atoms with Crippen molar-refractivity contribution in [3.05, 3.63) is 71.9 Å². The number of nitrogens with zero attached hydrogens (tertiary/aromatic N) is 2. The van der Waals surface area contributed by atoms with Crippen LogP contribution in [0.3, 0.4) is 0 Å². The largest absolute Gasteiger partial charge is 0.453 e. The zero-order valence-electron chi connectivity index (χ0n) is 18.9. The Morgan fingerprint density at radius 1 is 1.18 bits per heavy atom.